The SMILES string of the molecule is CCNc1nc(SCC(C=O)CC)nc(N(CC)CC)n1. The predicted octanol–water partition coefficient (Wildman–Crippen LogP) is 2.47. The lowest BCUT2D eigenvalue weighted by Crippen LogP contribution is -2.25. The van der Waals surface area contributed by atoms with Gasteiger partial charge in [-0.05, 0) is 27.2 Å². The van der Waals surface area contributed by atoms with Crippen molar-refractivity contribution in [3.63, 3.8) is 0 Å². The monoisotopic (exact) mass is 311 g/mol. The molecule has 7 heteroatoms. The second-order valence-corrected chi connectivity index (χ2v) is 5.55. The molecule has 0 amide bonds. The average molecular weight is 311 g/mol. The highest BCUT2D eigenvalue weighted by atomic mass is 32.2. The Morgan fingerprint density at radius 3 is 2.43 bits per heavy atom. The third-order valence-corrected chi connectivity index (χ3v) is 4.16. The zero-order chi connectivity index (χ0) is 15.7. The van der Waals surface area contributed by atoms with Crippen molar-refractivity contribution >= 4 is 29.9 Å². The van der Waals surface area contributed by atoms with Gasteiger partial charge in [-0.1, -0.05) is 18.7 Å². The molecular weight excluding hydrogens is 286 g/mol. The Morgan fingerprint density at radius 1 is 1.19 bits per heavy atom. The van der Waals surface area contributed by atoms with Gasteiger partial charge < -0.3 is 15.0 Å². The molecule has 21 heavy (non-hydrogen) atoms. The smallest absolute Gasteiger partial charge is 0.231 e. The largest absolute Gasteiger partial charge is 0.354 e. The van der Waals surface area contributed by atoms with Gasteiger partial charge in [-0.25, -0.2) is 0 Å². The molecule has 1 unspecified atom stereocenters. The summed E-state index contributed by atoms with van der Waals surface area (Å²) in [4.78, 5) is 26.3. The number of carbonyl (C=O) groups excluding carboxylic acids is 1. The summed E-state index contributed by atoms with van der Waals surface area (Å²) < 4.78 is 0. The van der Waals surface area contributed by atoms with Gasteiger partial charge >= 0.3 is 0 Å². The fraction of sp³-hybridized carbons (Fsp3) is 0.714. The Hall–Kier alpha value is -1.37. The topological polar surface area (TPSA) is 71.0 Å². The number of anilines is 2. The number of aldehydes is 1. The molecule has 0 aliphatic carbocycles. The van der Waals surface area contributed by atoms with Crippen molar-refractivity contribution in [2.24, 2.45) is 5.92 Å². The van der Waals surface area contributed by atoms with E-state index in [0.717, 1.165) is 32.3 Å². The van der Waals surface area contributed by atoms with Crippen molar-refractivity contribution in [3.05, 3.63) is 0 Å². The van der Waals surface area contributed by atoms with Crippen molar-refractivity contribution < 1.29 is 4.79 Å². The molecular formula is C14H25N5OS. The maximum atomic E-state index is 10.9. The number of rotatable bonds is 10. The zero-order valence-corrected chi connectivity index (χ0v) is 14.1. The summed E-state index contributed by atoms with van der Waals surface area (Å²) in [5, 5.41) is 3.80. The molecule has 1 rings (SSSR count). The minimum atomic E-state index is 0.0475. The molecule has 0 saturated heterocycles. The average Bonchev–Trinajstić information content (AvgIpc) is 2.50. The summed E-state index contributed by atoms with van der Waals surface area (Å²) in [5.41, 5.74) is 0. The molecule has 0 aliphatic rings. The first-order chi connectivity index (χ1) is 10.2. The number of carbonyl (C=O) groups is 1. The lowest BCUT2D eigenvalue weighted by molar-refractivity contribution is -0.110. The van der Waals surface area contributed by atoms with E-state index in [9.17, 15) is 4.79 Å². The van der Waals surface area contributed by atoms with Gasteiger partial charge in [0.15, 0.2) is 5.16 Å². The van der Waals surface area contributed by atoms with Crippen LogP contribution in [-0.4, -0.2) is 46.6 Å². The van der Waals surface area contributed by atoms with Crippen LogP contribution in [0.2, 0.25) is 0 Å². The van der Waals surface area contributed by atoms with Crippen LogP contribution in [0.4, 0.5) is 11.9 Å². The Morgan fingerprint density at radius 2 is 1.90 bits per heavy atom. The van der Waals surface area contributed by atoms with E-state index in [1.165, 1.54) is 11.8 Å². The van der Waals surface area contributed by atoms with Crippen molar-refractivity contribution in [2.75, 3.05) is 35.6 Å². The van der Waals surface area contributed by atoms with E-state index in [2.05, 4.69) is 39.0 Å². The van der Waals surface area contributed by atoms with Crippen molar-refractivity contribution in [3.8, 4) is 0 Å². The molecule has 1 N–H and O–H groups in total. The van der Waals surface area contributed by atoms with Gasteiger partial charge in [0.1, 0.15) is 6.29 Å². The van der Waals surface area contributed by atoms with Gasteiger partial charge in [0.2, 0.25) is 11.9 Å². The number of aromatic nitrogens is 3. The second kappa shape index (κ2) is 9.55. The van der Waals surface area contributed by atoms with Crippen LogP contribution in [0, 0.1) is 5.92 Å². The molecule has 118 valence electrons. The summed E-state index contributed by atoms with van der Waals surface area (Å²) >= 11 is 1.51. The van der Waals surface area contributed by atoms with Crippen LogP contribution in [0.1, 0.15) is 34.1 Å². The number of nitrogens with one attached hydrogen (secondary N) is 1. The van der Waals surface area contributed by atoms with Crippen LogP contribution in [0.5, 0.6) is 0 Å². The van der Waals surface area contributed by atoms with E-state index < -0.39 is 0 Å². The van der Waals surface area contributed by atoms with E-state index in [4.69, 9.17) is 0 Å². The molecule has 6 nitrogen and oxygen atoms in total. The Bertz CT molecular complexity index is 439. The van der Waals surface area contributed by atoms with Gasteiger partial charge in [-0.15, -0.1) is 0 Å². The molecule has 0 saturated carbocycles. The maximum absolute atomic E-state index is 10.9. The quantitative estimate of drug-likeness (QED) is 0.525. The minimum Gasteiger partial charge on any atom is -0.354 e. The molecule has 0 fully saturated rings. The first-order valence-corrected chi connectivity index (χ1v) is 8.49. The van der Waals surface area contributed by atoms with Gasteiger partial charge in [0.05, 0.1) is 0 Å². The molecule has 1 aromatic heterocycles. The highest BCUT2D eigenvalue weighted by molar-refractivity contribution is 7.99. The fourth-order valence-corrected chi connectivity index (χ4v) is 2.71. The van der Waals surface area contributed by atoms with Crippen LogP contribution >= 0.6 is 11.8 Å². The Labute approximate surface area is 131 Å². The summed E-state index contributed by atoms with van der Waals surface area (Å²) in [6.07, 6.45) is 1.84. The van der Waals surface area contributed by atoms with Crippen LogP contribution < -0.4 is 10.2 Å². The maximum Gasteiger partial charge on any atom is 0.231 e. The number of thioether (sulfide) groups is 1. The van der Waals surface area contributed by atoms with E-state index in [1.807, 2.05) is 13.8 Å². The van der Waals surface area contributed by atoms with E-state index in [-0.39, 0.29) is 5.92 Å². The van der Waals surface area contributed by atoms with Crippen LogP contribution in [0.15, 0.2) is 5.16 Å². The molecule has 0 aliphatic heterocycles. The van der Waals surface area contributed by atoms with Crippen LogP contribution in [0.25, 0.3) is 0 Å². The number of nitrogens with zero attached hydrogens (tertiary/aromatic N) is 4. The first kappa shape index (κ1) is 17.7. The van der Waals surface area contributed by atoms with Gasteiger partial charge in [0.25, 0.3) is 0 Å². The normalized spacial score (nSPS) is 12.0. The minimum absolute atomic E-state index is 0.0475. The fourth-order valence-electron chi connectivity index (χ4n) is 1.73. The number of hydrogen-bond acceptors (Lipinski definition) is 7. The second-order valence-electron chi connectivity index (χ2n) is 4.56. The van der Waals surface area contributed by atoms with Gasteiger partial charge in [-0.2, -0.15) is 15.0 Å². The standard InChI is InChI=1S/C14H25N5OS/c1-5-11(9-20)10-21-14-17-12(15-6-2)16-13(18-14)19(7-3)8-4/h9,11H,5-8,10H2,1-4H3,(H,15,16,17,18). The van der Waals surface area contributed by atoms with E-state index >= 15 is 0 Å². The lowest BCUT2D eigenvalue weighted by atomic mass is 10.1. The molecule has 1 aromatic rings. The van der Waals surface area contributed by atoms with Crippen LogP contribution in [-0.2, 0) is 4.79 Å². The third kappa shape index (κ3) is 5.49. The van der Waals surface area contributed by atoms with Gasteiger partial charge in [0, 0.05) is 31.3 Å². The molecule has 0 spiro atoms. The molecule has 0 radical (unpaired) electrons. The molecule has 0 bridgehead atoms. The zero-order valence-electron chi connectivity index (χ0n) is 13.3. The Balaban J connectivity index is 2.93. The summed E-state index contributed by atoms with van der Waals surface area (Å²) in [7, 11) is 0. The lowest BCUT2D eigenvalue weighted by Gasteiger charge is -2.19. The van der Waals surface area contributed by atoms with Crippen LogP contribution in [0.3, 0.4) is 0 Å². The van der Waals surface area contributed by atoms with E-state index in [1.54, 1.807) is 0 Å². The highest BCUT2D eigenvalue weighted by Gasteiger charge is 2.13. The number of hydrogen-bond donors (Lipinski definition) is 1. The highest BCUT2D eigenvalue weighted by Crippen LogP contribution is 2.21. The predicted molar refractivity (Wildman–Crippen MR) is 88.1 cm³/mol. The van der Waals surface area contributed by atoms with Crippen molar-refractivity contribution in [2.45, 2.75) is 39.3 Å². The third-order valence-electron chi connectivity index (χ3n) is 3.13. The van der Waals surface area contributed by atoms with Crippen molar-refractivity contribution in [1.29, 1.82) is 0 Å². The first-order valence-electron chi connectivity index (χ1n) is 7.51. The summed E-state index contributed by atoms with van der Waals surface area (Å²) in [6.45, 7) is 10.6. The van der Waals surface area contributed by atoms with Crippen molar-refractivity contribution in [1.82, 2.24) is 15.0 Å². The Kier molecular flexibility index (Phi) is 8.04. The summed E-state index contributed by atoms with van der Waals surface area (Å²) in [6, 6.07) is 0. The van der Waals surface area contributed by atoms with Gasteiger partial charge in [-0.3, -0.25) is 0 Å². The molecule has 1 heterocycles. The summed E-state index contributed by atoms with van der Waals surface area (Å²) in [5.74, 6) is 2.03. The van der Waals surface area contributed by atoms with E-state index in [0.29, 0.717) is 22.8 Å². The molecule has 1 atom stereocenters. The molecule has 0 aromatic carbocycles.